The third-order valence-corrected chi connectivity index (χ3v) is 4.34. The van der Waals surface area contributed by atoms with Crippen LogP contribution in [-0.4, -0.2) is 42.2 Å². The summed E-state index contributed by atoms with van der Waals surface area (Å²) in [7, 11) is 4.64. The van der Waals surface area contributed by atoms with Crippen LogP contribution in [0.3, 0.4) is 0 Å². The van der Waals surface area contributed by atoms with Crippen molar-refractivity contribution in [3.05, 3.63) is 71.6 Å². The van der Waals surface area contributed by atoms with Gasteiger partial charge in [-0.2, -0.15) is 0 Å². The summed E-state index contributed by atoms with van der Waals surface area (Å²) >= 11 is 0. The molecule has 0 unspecified atom stereocenters. The Kier molecular flexibility index (Phi) is 7.05. The lowest BCUT2D eigenvalue weighted by Crippen LogP contribution is -2.20. The first-order valence-corrected chi connectivity index (χ1v) is 9.31. The number of nitrogens with one attached hydrogen (secondary N) is 1. The third kappa shape index (κ3) is 5.38. The van der Waals surface area contributed by atoms with Crippen molar-refractivity contribution < 1.29 is 19.0 Å². The van der Waals surface area contributed by atoms with Gasteiger partial charge in [-0.3, -0.25) is 4.79 Å². The Hall–Kier alpha value is -3.81. The van der Waals surface area contributed by atoms with Crippen molar-refractivity contribution in [3.63, 3.8) is 0 Å². The maximum absolute atomic E-state index is 12.2. The van der Waals surface area contributed by atoms with Crippen molar-refractivity contribution in [2.45, 2.75) is 13.1 Å². The number of methoxy groups -OCH3 is 3. The van der Waals surface area contributed by atoms with E-state index >= 15 is 0 Å². The van der Waals surface area contributed by atoms with Gasteiger partial charge in [-0.25, -0.2) is 4.68 Å². The summed E-state index contributed by atoms with van der Waals surface area (Å²) in [6.45, 7) is 0.926. The molecule has 156 valence electrons. The molecule has 0 spiro atoms. The van der Waals surface area contributed by atoms with Crippen LogP contribution in [0.5, 0.6) is 17.2 Å². The van der Waals surface area contributed by atoms with Crippen molar-refractivity contribution in [1.82, 2.24) is 20.3 Å². The average Bonchev–Trinajstić information content (AvgIpc) is 3.23. The number of rotatable bonds is 9. The Labute approximate surface area is 175 Å². The molecular formula is C22H24N4O4. The summed E-state index contributed by atoms with van der Waals surface area (Å²) in [6.07, 6.45) is 4.84. The number of ether oxygens (including phenoxy) is 3. The van der Waals surface area contributed by atoms with Crippen LogP contribution < -0.4 is 19.5 Å². The number of hydrogen-bond donors (Lipinski definition) is 1. The first-order chi connectivity index (χ1) is 14.6. The molecule has 0 aliphatic carbocycles. The molecule has 0 saturated heterocycles. The Morgan fingerprint density at radius 1 is 1.03 bits per heavy atom. The molecule has 1 N–H and O–H groups in total. The largest absolute Gasteiger partial charge is 0.493 e. The lowest BCUT2D eigenvalue weighted by molar-refractivity contribution is -0.116. The highest BCUT2D eigenvalue weighted by Crippen LogP contribution is 2.38. The molecule has 0 aliphatic rings. The van der Waals surface area contributed by atoms with E-state index in [0.29, 0.717) is 36.0 Å². The van der Waals surface area contributed by atoms with E-state index in [1.807, 2.05) is 30.3 Å². The Morgan fingerprint density at radius 3 is 2.37 bits per heavy atom. The second-order valence-corrected chi connectivity index (χ2v) is 6.41. The van der Waals surface area contributed by atoms with Crippen LogP contribution in [0.1, 0.15) is 16.8 Å². The van der Waals surface area contributed by atoms with E-state index in [2.05, 4.69) is 15.6 Å². The molecule has 0 fully saturated rings. The first kappa shape index (κ1) is 20.9. The van der Waals surface area contributed by atoms with Gasteiger partial charge in [-0.1, -0.05) is 35.5 Å². The molecule has 8 nitrogen and oxygen atoms in total. The van der Waals surface area contributed by atoms with Crippen molar-refractivity contribution in [3.8, 4) is 17.2 Å². The molecule has 1 heterocycles. The SMILES string of the molecule is COc1cc(CNC(=O)/C=C/c2cn(Cc3ccccc3)nn2)cc(OC)c1OC. The third-order valence-electron chi connectivity index (χ3n) is 4.34. The van der Waals surface area contributed by atoms with Crippen LogP contribution >= 0.6 is 0 Å². The molecule has 0 aliphatic heterocycles. The number of amides is 1. The van der Waals surface area contributed by atoms with Gasteiger partial charge in [-0.15, -0.1) is 5.10 Å². The zero-order chi connectivity index (χ0) is 21.3. The number of benzene rings is 2. The van der Waals surface area contributed by atoms with Crippen LogP contribution in [0.4, 0.5) is 0 Å². The number of carbonyl (C=O) groups excluding carboxylic acids is 1. The zero-order valence-electron chi connectivity index (χ0n) is 17.2. The number of hydrogen-bond acceptors (Lipinski definition) is 6. The molecule has 30 heavy (non-hydrogen) atoms. The maximum Gasteiger partial charge on any atom is 0.244 e. The molecule has 0 saturated carbocycles. The fourth-order valence-corrected chi connectivity index (χ4v) is 2.88. The van der Waals surface area contributed by atoms with Crippen molar-refractivity contribution >= 4 is 12.0 Å². The molecule has 8 heteroatoms. The lowest BCUT2D eigenvalue weighted by atomic mass is 10.1. The van der Waals surface area contributed by atoms with Crippen LogP contribution in [0.15, 0.2) is 54.7 Å². The highest BCUT2D eigenvalue weighted by molar-refractivity contribution is 5.91. The molecule has 0 atom stereocenters. The lowest BCUT2D eigenvalue weighted by Gasteiger charge is -2.14. The predicted molar refractivity (Wildman–Crippen MR) is 113 cm³/mol. The van der Waals surface area contributed by atoms with Gasteiger partial charge in [-0.05, 0) is 29.3 Å². The molecule has 0 radical (unpaired) electrons. The summed E-state index contributed by atoms with van der Waals surface area (Å²) in [5.74, 6) is 1.33. The summed E-state index contributed by atoms with van der Waals surface area (Å²) in [5, 5.41) is 11.0. The van der Waals surface area contributed by atoms with Crippen LogP contribution in [-0.2, 0) is 17.9 Å². The molecule has 1 amide bonds. The van der Waals surface area contributed by atoms with Gasteiger partial charge in [0, 0.05) is 12.6 Å². The smallest absolute Gasteiger partial charge is 0.244 e. The minimum atomic E-state index is -0.249. The summed E-state index contributed by atoms with van der Waals surface area (Å²) < 4.78 is 17.7. The van der Waals surface area contributed by atoms with Gasteiger partial charge in [0.05, 0.1) is 34.1 Å². The number of nitrogens with zero attached hydrogens (tertiary/aromatic N) is 3. The van der Waals surface area contributed by atoms with E-state index in [1.165, 1.54) is 6.08 Å². The van der Waals surface area contributed by atoms with Crippen LogP contribution in [0.2, 0.25) is 0 Å². The number of carbonyl (C=O) groups is 1. The van der Waals surface area contributed by atoms with Gasteiger partial charge < -0.3 is 19.5 Å². The molecule has 2 aromatic carbocycles. The normalized spacial score (nSPS) is 10.8. The topological polar surface area (TPSA) is 87.5 Å². The number of aromatic nitrogens is 3. The van der Waals surface area contributed by atoms with E-state index in [1.54, 1.807) is 50.4 Å². The minimum absolute atomic E-state index is 0.249. The van der Waals surface area contributed by atoms with Gasteiger partial charge in [0.15, 0.2) is 11.5 Å². The van der Waals surface area contributed by atoms with E-state index in [9.17, 15) is 4.79 Å². The fraction of sp³-hybridized carbons (Fsp3) is 0.227. The van der Waals surface area contributed by atoms with Crippen molar-refractivity contribution in [2.24, 2.45) is 0 Å². The van der Waals surface area contributed by atoms with Gasteiger partial charge in [0.2, 0.25) is 11.7 Å². The van der Waals surface area contributed by atoms with Gasteiger partial charge in [0.1, 0.15) is 5.69 Å². The second kappa shape index (κ2) is 10.1. The highest BCUT2D eigenvalue weighted by atomic mass is 16.5. The summed E-state index contributed by atoms with van der Waals surface area (Å²) in [5.41, 5.74) is 2.55. The molecule has 3 rings (SSSR count). The summed E-state index contributed by atoms with van der Waals surface area (Å²) in [6, 6.07) is 13.6. The average molecular weight is 408 g/mol. The predicted octanol–water partition coefficient (Wildman–Crippen LogP) is 2.68. The minimum Gasteiger partial charge on any atom is -0.493 e. The van der Waals surface area contributed by atoms with Crippen LogP contribution in [0, 0.1) is 0 Å². The van der Waals surface area contributed by atoms with E-state index in [-0.39, 0.29) is 5.91 Å². The monoisotopic (exact) mass is 408 g/mol. The fourth-order valence-electron chi connectivity index (χ4n) is 2.88. The molecular weight excluding hydrogens is 384 g/mol. The Balaban J connectivity index is 1.58. The van der Waals surface area contributed by atoms with Crippen LogP contribution in [0.25, 0.3) is 6.08 Å². The standard InChI is InChI=1S/C22H24N4O4/c1-28-19-11-17(12-20(29-2)22(19)30-3)13-23-21(27)10-9-18-15-26(25-24-18)14-16-7-5-4-6-8-16/h4-12,15H,13-14H2,1-3H3,(H,23,27)/b10-9+. The Bertz CT molecular complexity index is 990. The highest BCUT2D eigenvalue weighted by Gasteiger charge is 2.13. The first-order valence-electron chi connectivity index (χ1n) is 9.31. The van der Waals surface area contributed by atoms with E-state index < -0.39 is 0 Å². The molecule has 3 aromatic rings. The van der Waals surface area contributed by atoms with E-state index in [4.69, 9.17) is 14.2 Å². The Morgan fingerprint density at radius 2 is 1.73 bits per heavy atom. The molecule has 1 aromatic heterocycles. The van der Waals surface area contributed by atoms with Crippen molar-refractivity contribution in [1.29, 1.82) is 0 Å². The van der Waals surface area contributed by atoms with E-state index in [0.717, 1.165) is 11.1 Å². The zero-order valence-corrected chi connectivity index (χ0v) is 17.2. The van der Waals surface area contributed by atoms with Gasteiger partial charge >= 0.3 is 0 Å². The van der Waals surface area contributed by atoms with Gasteiger partial charge in [0.25, 0.3) is 0 Å². The maximum atomic E-state index is 12.2. The summed E-state index contributed by atoms with van der Waals surface area (Å²) in [4.78, 5) is 12.2. The molecule has 0 bridgehead atoms. The van der Waals surface area contributed by atoms with Crippen molar-refractivity contribution in [2.75, 3.05) is 21.3 Å². The quantitative estimate of drug-likeness (QED) is 0.548. The second-order valence-electron chi connectivity index (χ2n) is 6.41.